The number of hydrogen-bond donors (Lipinski definition) is 2. The molecule has 1 aliphatic heterocycles. The van der Waals surface area contributed by atoms with Crippen LogP contribution in [-0.2, 0) is 9.84 Å². The van der Waals surface area contributed by atoms with Crippen molar-refractivity contribution in [3.05, 3.63) is 41.6 Å². The van der Waals surface area contributed by atoms with Crippen molar-refractivity contribution >= 4 is 21.4 Å². The van der Waals surface area contributed by atoms with E-state index in [1.165, 1.54) is 0 Å². The predicted molar refractivity (Wildman–Crippen MR) is 123 cm³/mol. The van der Waals surface area contributed by atoms with Gasteiger partial charge in [-0.1, -0.05) is 26.0 Å². The minimum Gasteiger partial charge on any atom is -0.497 e. The van der Waals surface area contributed by atoms with Gasteiger partial charge in [-0.15, -0.1) is 0 Å². The van der Waals surface area contributed by atoms with Gasteiger partial charge in [-0.25, -0.2) is 8.42 Å². The Kier molecular flexibility index (Phi) is 6.34. The molecule has 2 N–H and O–H groups in total. The maximum Gasteiger partial charge on any atom is 0.252 e. The van der Waals surface area contributed by atoms with Gasteiger partial charge >= 0.3 is 0 Å². The predicted octanol–water partition coefficient (Wildman–Crippen LogP) is 2.96. The number of hydrogen-bond acceptors (Lipinski definition) is 8. The molecule has 0 aliphatic carbocycles. The highest BCUT2D eigenvalue weighted by Gasteiger charge is 2.33. The lowest BCUT2D eigenvalue weighted by molar-refractivity contribution is 0.414. The molecule has 172 valence electrons. The quantitative estimate of drug-likeness (QED) is 0.556. The van der Waals surface area contributed by atoms with Crippen molar-refractivity contribution in [1.82, 2.24) is 24.9 Å². The van der Waals surface area contributed by atoms with Gasteiger partial charge in [0.2, 0.25) is 15.8 Å². The average molecular weight is 459 g/mol. The normalized spacial score (nSPS) is 16.4. The van der Waals surface area contributed by atoms with E-state index >= 15 is 0 Å². The number of rotatable bonds is 7. The molecular weight excluding hydrogens is 428 g/mol. The Hall–Kier alpha value is -2.72. The van der Waals surface area contributed by atoms with Gasteiger partial charge in [-0.05, 0) is 56.5 Å². The van der Waals surface area contributed by atoms with Gasteiger partial charge in [-0.3, -0.25) is 0 Å². The first-order valence-electron chi connectivity index (χ1n) is 10.9. The number of anilines is 1. The van der Waals surface area contributed by atoms with Crippen molar-refractivity contribution in [2.24, 2.45) is 0 Å². The van der Waals surface area contributed by atoms with Crippen LogP contribution < -0.4 is 15.4 Å². The Bertz CT molecular complexity index is 1200. The summed E-state index contributed by atoms with van der Waals surface area (Å²) in [5.41, 5.74) is 2.38. The molecule has 1 atom stereocenters. The largest absolute Gasteiger partial charge is 0.497 e. The van der Waals surface area contributed by atoms with Crippen molar-refractivity contribution in [3.8, 4) is 5.75 Å². The van der Waals surface area contributed by atoms with Gasteiger partial charge in [0.25, 0.3) is 5.16 Å². The van der Waals surface area contributed by atoms with E-state index in [1.807, 2.05) is 45.0 Å². The van der Waals surface area contributed by atoms with Gasteiger partial charge in [0.15, 0.2) is 5.65 Å². The Morgan fingerprint density at radius 3 is 2.62 bits per heavy atom. The van der Waals surface area contributed by atoms with E-state index in [2.05, 4.69) is 25.7 Å². The van der Waals surface area contributed by atoms with Gasteiger partial charge in [0.1, 0.15) is 5.75 Å². The maximum atomic E-state index is 13.4. The lowest BCUT2D eigenvalue weighted by atomic mass is 10.1. The average Bonchev–Trinajstić information content (AvgIpc) is 3.24. The first kappa shape index (κ1) is 22.5. The lowest BCUT2D eigenvalue weighted by Crippen LogP contribution is -2.36. The van der Waals surface area contributed by atoms with E-state index in [1.54, 1.807) is 17.8 Å². The second-order valence-electron chi connectivity index (χ2n) is 8.46. The number of nitrogens with zero attached hydrogens (tertiary/aromatic N) is 4. The molecular formula is C22H30N6O3S. The van der Waals surface area contributed by atoms with Crippen LogP contribution in [-0.4, -0.2) is 53.4 Å². The molecule has 3 heterocycles. The minimum atomic E-state index is -3.67. The summed E-state index contributed by atoms with van der Waals surface area (Å²) in [6.07, 6.45) is 2.84. The van der Waals surface area contributed by atoms with E-state index < -0.39 is 15.1 Å². The number of aromatic nitrogens is 4. The number of sulfone groups is 1. The smallest absolute Gasteiger partial charge is 0.252 e. The Morgan fingerprint density at radius 1 is 1.19 bits per heavy atom. The molecule has 1 saturated heterocycles. The fraction of sp³-hybridized carbons (Fsp3) is 0.500. The summed E-state index contributed by atoms with van der Waals surface area (Å²) < 4.78 is 33.7. The molecule has 32 heavy (non-hydrogen) atoms. The third-order valence-electron chi connectivity index (χ3n) is 5.92. The number of piperidine rings is 1. The molecule has 1 aromatic carbocycles. The second kappa shape index (κ2) is 9.03. The van der Waals surface area contributed by atoms with Crippen molar-refractivity contribution in [2.45, 2.75) is 56.0 Å². The molecule has 1 aliphatic rings. The van der Waals surface area contributed by atoms with Crippen LogP contribution >= 0.6 is 0 Å². The molecule has 0 radical (unpaired) electrons. The molecule has 4 rings (SSSR count). The van der Waals surface area contributed by atoms with E-state index in [0.717, 1.165) is 16.9 Å². The fourth-order valence-corrected chi connectivity index (χ4v) is 5.53. The standard InChI is InChI=1S/C22H30N6O3S/c1-14(2)19-13-24-28-20(19)26-22(32(29,30)18-8-10-23-11-9-18)27-21(28)25-15(3)16-6-5-7-17(12-16)31-4/h5-7,12-15,18,23H,8-11H2,1-4H3,(H,25,26,27)/t15-/m0/s1. The first-order valence-corrected chi connectivity index (χ1v) is 12.5. The zero-order valence-electron chi connectivity index (χ0n) is 18.9. The monoisotopic (exact) mass is 458 g/mol. The highest BCUT2D eigenvalue weighted by atomic mass is 32.2. The highest BCUT2D eigenvalue weighted by molar-refractivity contribution is 7.91. The summed E-state index contributed by atoms with van der Waals surface area (Å²) >= 11 is 0. The summed E-state index contributed by atoms with van der Waals surface area (Å²) in [6, 6.07) is 7.55. The van der Waals surface area contributed by atoms with Crippen molar-refractivity contribution in [3.63, 3.8) is 0 Å². The van der Waals surface area contributed by atoms with E-state index in [0.29, 0.717) is 37.5 Å². The SMILES string of the molecule is COc1cccc([C@H](C)Nc2nc(S(=O)(=O)C3CCNCC3)nc3c(C(C)C)cnn23)c1. The lowest BCUT2D eigenvalue weighted by Gasteiger charge is -2.22. The topological polar surface area (TPSA) is 111 Å². The number of nitrogens with one attached hydrogen (secondary N) is 2. The minimum absolute atomic E-state index is 0.139. The zero-order chi connectivity index (χ0) is 22.9. The van der Waals surface area contributed by atoms with E-state index in [9.17, 15) is 8.42 Å². The van der Waals surface area contributed by atoms with Crippen LogP contribution in [0.15, 0.2) is 35.6 Å². The molecule has 0 bridgehead atoms. The third kappa shape index (κ3) is 4.29. The molecule has 0 unspecified atom stereocenters. The molecule has 0 saturated carbocycles. The van der Waals surface area contributed by atoms with Gasteiger partial charge in [0.05, 0.1) is 24.6 Å². The molecule has 10 heteroatoms. The van der Waals surface area contributed by atoms with Gasteiger partial charge in [0, 0.05) is 5.56 Å². The summed E-state index contributed by atoms with van der Waals surface area (Å²) in [5, 5.41) is 10.4. The molecule has 3 aromatic rings. The summed E-state index contributed by atoms with van der Waals surface area (Å²) in [7, 11) is -2.05. The first-order chi connectivity index (χ1) is 15.3. The summed E-state index contributed by atoms with van der Waals surface area (Å²) in [6.45, 7) is 7.40. The molecule has 1 fully saturated rings. The number of methoxy groups -OCH3 is 1. The maximum absolute atomic E-state index is 13.4. The highest BCUT2D eigenvalue weighted by Crippen LogP contribution is 2.27. The van der Waals surface area contributed by atoms with Crippen molar-refractivity contribution < 1.29 is 13.2 Å². The fourth-order valence-electron chi connectivity index (χ4n) is 3.95. The van der Waals surface area contributed by atoms with Crippen LogP contribution in [0.2, 0.25) is 0 Å². The number of ether oxygens (including phenoxy) is 1. The molecule has 0 amide bonds. The molecule has 9 nitrogen and oxygen atoms in total. The van der Waals surface area contributed by atoms with Crippen LogP contribution in [0.3, 0.4) is 0 Å². The summed E-state index contributed by atoms with van der Waals surface area (Å²) in [5.74, 6) is 1.24. The van der Waals surface area contributed by atoms with Gasteiger partial charge < -0.3 is 15.4 Å². The van der Waals surface area contributed by atoms with Crippen LogP contribution in [0.25, 0.3) is 5.65 Å². The molecule has 0 spiro atoms. The van der Waals surface area contributed by atoms with Gasteiger partial charge in [-0.2, -0.15) is 19.6 Å². The number of benzene rings is 1. The van der Waals surface area contributed by atoms with E-state index in [4.69, 9.17) is 4.74 Å². The van der Waals surface area contributed by atoms with Crippen LogP contribution in [0.1, 0.15) is 56.7 Å². The van der Waals surface area contributed by atoms with Crippen LogP contribution in [0.4, 0.5) is 5.95 Å². The Morgan fingerprint density at radius 2 is 1.94 bits per heavy atom. The number of fused-ring (bicyclic) bond motifs is 1. The van der Waals surface area contributed by atoms with E-state index in [-0.39, 0.29) is 17.1 Å². The summed E-state index contributed by atoms with van der Waals surface area (Å²) in [4.78, 5) is 8.96. The van der Waals surface area contributed by atoms with Crippen LogP contribution in [0.5, 0.6) is 5.75 Å². The van der Waals surface area contributed by atoms with Crippen LogP contribution in [0, 0.1) is 0 Å². The zero-order valence-corrected chi connectivity index (χ0v) is 19.7. The Balaban J connectivity index is 1.78. The molecule has 2 aromatic heterocycles. The van der Waals surface area contributed by atoms with Crippen molar-refractivity contribution in [1.29, 1.82) is 0 Å². The van der Waals surface area contributed by atoms with Crippen molar-refractivity contribution in [2.75, 3.05) is 25.5 Å². The Labute approximate surface area is 188 Å². The second-order valence-corrected chi connectivity index (χ2v) is 10.6. The third-order valence-corrected chi connectivity index (χ3v) is 7.96.